The number of hydrogen-bond donors (Lipinski definition) is 2. The predicted octanol–water partition coefficient (Wildman–Crippen LogP) is 2.66. The molecule has 0 aromatic heterocycles. The molecule has 0 saturated heterocycles. The normalized spacial score (nSPS) is 14.2. The number of nitrogens with one attached hydrogen (secondary N) is 1. The molecule has 3 heteroatoms. The smallest absolute Gasteiger partial charge is 0.0681 e. The average molecular weight is 233 g/mol. The second-order valence-corrected chi connectivity index (χ2v) is 5.82. The fourth-order valence-electron chi connectivity index (χ4n) is 1.46. The van der Waals surface area contributed by atoms with E-state index in [1.807, 2.05) is 25.6 Å². The summed E-state index contributed by atoms with van der Waals surface area (Å²) in [5.74, 6) is 1.91. The molecule has 2 nitrogen and oxygen atoms in total. The van der Waals surface area contributed by atoms with Crippen molar-refractivity contribution in [2.75, 3.05) is 18.1 Å². The summed E-state index contributed by atoms with van der Waals surface area (Å²) in [6.07, 6.45) is 3.74. The van der Waals surface area contributed by atoms with Gasteiger partial charge in [-0.15, -0.1) is 0 Å². The largest absolute Gasteiger partial charge is 0.390 e. The lowest BCUT2D eigenvalue weighted by atomic mass is 10.1. The first kappa shape index (κ1) is 15.3. The molecule has 0 aromatic rings. The SMILES string of the molecule is CCCC(CC)NCCSCC(C)(C)O. The number of rotatable bonds is 9. The summed E-state index contributed by atoms with van der Waals surface area (Å²) >= 11 is 1.82. The van der Waals surface area contributed by atoms with Crippen LogP contribution in [0.4, 0.5) is 0 Å². The fourth-order valence-corrected chi connectivity index (χ4v) is 2.36. The van der Waals surface area contributed by atoms with Crippen molar-refractivity contribution in [1.82, 2.24) is 5.32 Å². The van der Waals surface area contributed by atoms with E-state index in [1.54, 1.807) is 0 Å². The second-order valence-electron chi connectivity index (χ2n) is 4.71. The van der Waals surface area contributed by atoms with E-state index in [-0.39, 0.29) is 0 Å². The van der Waals surface area contributed by atoms with Crippen molar-refractivity contribution in [1.29, 1.82) is 0 Å². The molecule has 2 N–H and O–H groups in total. The highest BCUT2D eigenvalue weighted by atomic mass is 32.2. The summed E-state index contributed by atoms with van der Waals surface area (Å²) in [5.41, 5.74) is -0.530. The fraction of sp³-hybridized carbons (Fsp3) is 1.00. The minimum Gasteiger partial charge on any atom is -0.390 e. The predicted molar refractivity (Wildman–Crippen MR) is 70.6 cm³/mol. The van der Waals surface area contributed by atoms with Gasteiger partial charge >= 0.3 is 0 Å². The standard InChI is InChI=1S/C12H27NOS/c1-5-7-11(6-2)13-8-9-15-10-12(3,4)14/h11,13-14H,5-10H2,1-4H3. The first-order valence-corrected chi connectivity index (χ1v) is 7.18. The van der Waals surface area contributed by atoms with Crippen LogP contribution in [-0.4, -0.2) is 34.8 Å². The highest BCUT2D eigenvalue weighted by molar-refractivity contribution is 7.99. The van der Waals surface area contributed by atoms with Crippen LogP contribution in [0.2, 0.25) is 0 Å². The quantitative estimate of drug-likeness (QED) is 0.601. The summed E-state index contributed by atoms with van der Waals surface area (Å²) in [7, 11) is 0. The lowest BCUT2D eigenvalue weighted by molar-refractivity contribution is 0.107. The molecule has 0 heterocycles. The zero-order chi connectivity index (χ0) is 11.7. The molecule has 0 fully saturated rings. The summed E-state index contributed by atoms with van der Waals surface area (Å²) < 4.78 is 0. The van der Waals surface area contributed by atoms with E-state index in [4.69, 9.17) is 0 Å². The van der Waals surface area contributed by atoms with Crippen LogP contribution < -0.4 is 5.32 Å². The Balaban J connectivity index is 3.36. The molecule has 15 heavy (non-hydrogen) atoms. The van der Waals surface area contributed by atoms with Crippen LogP contribution in [0.25, 0.3) is 0 Å². The van der Waals surface area contributed by atoms with Gasteiger partial charge in [0.2, 0.25) is 0 Å². The third kappa shape index (κ3) is 10.6. The van der Waals surface area contributed by atoms with Crippen LogP contribution >= 0.6 is 11.8 Å². The van der Waals surface area contributed by atoms with E-state index in [1.165, 1.54) is 19.3 Å². The molecule has 0 aromatic carbocycles. The van der Waals surface area contributed by atoms with E-state index in [0.717, 1.165) is 18.1 Å². The van der Waals surface area contributed by atoms with E-state index in [9.17, 15) is 5.11 Å². The Bertz CT molecular complexity index is 145. The Hall–Kier alpha value is 0.270. The Morgan fingerprint density at radius 3 is 2.47 bits per heavy atom. The third-order valence-corrected chi connectivity index (χ3v) is 3.67. The van der Waals surface area contributed by atoms with Crippen LogP contribution in [0.3, 0.4) is 0 Å². The lowest BCUT2D eigenvalue weighted by Gasteiger charge is -2.18. The monoisotopic (exact) mass is 233 g/mol. The molecule has 0 bridgehead atoms. The maximum absolute atomic E-state index is 9.52. The van der Waals surface area contributed by atoms with Crippen molar-refractivity contribution in [3.63, 3.8) is 0 Å². The van der Waals surface area contributed by atoms with Crippen LogP contribution in [0.5, 0.6) is 0 Å². The van der Waals surface area contributed by atoms with Crippen molar-refractivity contribution >= 4 is 11.8 Å². The van der Waals surface area contributed by atoms with Crippen LogP contribution in [0.15, 0.2) is 0 Å². The Morgan fingerprint density at radius 1 is 1.33 bits per heavy atom. The molecule has 0 amide bonds. The van der Waals surface area contributed by atoms with Crippen molar-refractivity contribution in [3.8, 4) is 0 Å². The van der Waals surface area contributed by atoms with Gasteiger partial charge in [-0.05, 0) is 26.7 Å². The number of thioether (sulfide) groups is 1. The molecule has 0 spiro atoms. The molecule has 0 aliphatic carbocycles. The molecule has 1 unspecified atom stereocenters. The maximum atomic E-state index is 9.52. The van der Waals surface area contributed by atoms with Crippen LogP contribution in [0, 0.1) is 0 Å². The molecule has 92 valence electrons. The van der Waals surface area contributed by atoms with Gasteiger partial charge in [-0.25, -0.2) is 0 Å². The van der Waals surface area contributed by atoms with Crippen molar-refractivity contribution in [2.24, 2.45) is 0 Å². The highest BCUT2D eigenvalue weighted by Crippen LogP contribution is 2.11. The van der Waals surface area contributed by atoms with Crippen molar-refractivity contribution < 1.29 is 5.11 Å². The van der Waals surface area contributed by atoms with Gasteiger partial charge in [0.05, 0.1) is 5.60 Å². The van der Waals surface area contributed by atoms with E-state index >= 15 is 0 Å². The molecule has 0 saturated carbocycles. The highest BCUT2D eigenvalue weighted by Gasteiger charge is 2.11. The molecule has 0 rings (SSSR count). The minimum absolute atomic E-state index is 0.530. The van der Waals surface area contributed by atoms with E-state index < -0.39 is 5.60 Å². The second kappa shape index (κ2) is 8.43. The van der Waals surface area contributed by atoms with Gasteiger partial charge in [0.1, 0.15) is 0 Å². The van der Waals surface area contributed by atoms with Crippen molar-refractivity contribution in [3.05, 3.63) is 0 Å². The minimum atomic E-state index is -0.530. The van der Waals surface area contributed by atoms with Gasteiger partial charge in [-0.3, -0.25) is 0 Å². The molecular formula is C12H27NOS. The summed E-state index contributed by atoms with van der Waals surface area (Å²) in [6, 6.07) is 0.678. The molecule has 1 atom stereocenters. The van der Waals surface area contributed by atoms with Gasteiger partial charge in [0.25, 0.3) is 0 Å². The number of hydrogen-bond acceptors (Lipinski definition) is 3. The van der Waals surface area contributed by atoms with Crippen LogP contribution in [-0.2, 0) is 0 Å². The molecule has 0 aliphatic heterocycles. The molecule has 0 radical (unpaired) electrons. The molecular weight excluding hydrogens is 206 g/mol. The third-order valence-electron chi connectivity index (χ3n) is 2.26. The summed E-state index contributed by atoms with van der Waals surface area (Å²) in [5, 5.41) is 13.1. The average Bonchev–Trinajstić information content (AvgIpc) is 2.14. The zero-order valence-corrected chi connectivity index (χ0v) is 11.5. The Morgan fingerprint density at radius 2 is 2.00 bits per heavy atom. The van der Waals surface area contributed by atoms with Gasteiger partial charge in [0.15, 0.2) is 0 Å². The van der Waals surface area contributed by atoms with Gasteiger partial charge in [-0.2, -0.15) is 11.8 Å². The van der Waals surface area contributed by atoms with Gasteiger partial charge < -0.3 is 10.4 Å². The van der Waals surface area contributed by atoms with Crippen molar-refractivity contribution in [2.45, 2.75) is 58.6 Å². The van der Waals surface area contributed by atoms with Gasteiger partial charge in [0, 0.05) is 24.1 Å². The lowest BCUT2D eigenvalue weighted by Crippen LogP contribution is -2.31. The molecule has 0 aliphatic rings. The topological polar surface area (TPSA) is 32.3 Å². The Kier molecular flexibility index (Phi) is 8.58. The maximum Gasteiger partial charge on any atom is 0.0681 e. The first-order chi connectivity index (χ1) is 6.99. The number of aliphatic hydroxyl groups is 1. The van der Waals surface area contributed by atoms with E-state index in [0.29, 0.717) is 6.04 Å². The van der Waals surface area contributed by atoms with E-state index in [2.05, 4.69) is 19.2 Å². The van der Waals surface area contributed by atoms with Crippen LogP contribution in [0.1, 0.15) is 47.0 Å². The summed E-state index contributed by atoms with van der Waals surface area (Å²) in [4.78, 5) is 0. The Labute approximate surface area is 99.2 Å². The zero-order valence-electron chi connectivity index (χ0n) is 10.7. The first-order valence-electron chi connectivity index (χ1n) is 6.03. The van der Waals surface area contributed by atoms with Gasteiger partial charge in [-0.1, -0.05) is 20.3 Å². The summed E-state index contributed by atoms with van der Waals surface area (Å²) in [6.45, 7) is 9.24.